The highest BCUT2D eigenvalue weighted by atomic mass is 19.1. The highest BCUT2D eigenvalue weighted by Gasteiger charge is 2.43. The van der Waals surface area contributed by atoms with Crippen LogP contribution in [0.5, 0.6) is 0 Å². The van der Waals surface area contributed by atoms with Gasteiger partial charge in [0.1, 0.15) is 12.7 Å². The molecule has 0 N–H and O–H groups in total. The van der Waals surface area contributed by atoms with Crippen LogP contribution < -0.4 is 4.68 Å². The van der Waals surface area contributed by atoms with Crippen LogP contribution in [0.25, 0.3) is 5.69 Å². The van der Waals surface area contributed by atoms with Crippen molar-refractivity contribution >= 4 is 0 Å². The lowest BCUT2D eigenvalue weighted by Crippen LogP contribution is -2.33. The van der Waals surface area contributed by atoms with Crippen molar-refractivity contribution in [3.05, 3.63) is 77.6 Å². The number of rotatable bonds is 1. The zero-order chi connectivity index (χ0) is 15.4. The molecule has 5 rings (SSSR count). The first-order chi connectivity index (χ1) is 11.3. The van der Waals surface area contributed by atoms with E-state index >= 15 is 0 Å². The standard InChI is InChI=1S/C18H15FN3O/c19-14-7-3-4-8-15(14)22-11-21-17(20-22)10-23-16-9-12-5-1-2-6-13(12)18(16)21/h1-8,11,16,18H,9-10H2/q+1/t16-,18?/m0/s1. The van der Waals surface area contributed by atoms with Crippen molar-refractivity contribution in [1.82, 2.24) is 9.67 Å². The Labute approximate surface area is 132 Å². The van der Waals surface area contributed by atoms with Gasteiger partial charge in [-0.25, -0.2) is 8.96 Å². The number of ether oxygens (including phenoxy) is 1. The molecule has 2 atom stereocenters. The van der Waals surface area contributed by atoms with Crippen molar-refractivity contribution in [2.24, 2.45) is 0 Å². The quantitative estimate of drug-likeness (QED) is 0.646. The summed E-state index contributed by atoms with van der Waals surface area (Å²) in [4.78, 5) is 0. The Bertz CT molecular complexity index is 905. The van der Waals surface area contributed by atoms with E-state index in [9.17, 15) is 4.39 Å². The van der Waals surface area contributed by atoms with E-state index in [0.717, 1.165) is 12.2 Å². The SMILES string of the molecule is Fc1ccccc1-[n+]1cn2c(n1)CO[C@H]1Cc3ccccc3C12. The van der Waals surface area contributed by atoms with E-state index in [1.54, 1.807) is 16.8 Å². The third kappa shape index (κ3) is 1.86. The molecule has 1 unspecified atom stereocenters. The van der Waals surface area contributed by atoms with Crippen LogP contribution in [0.15, 0.2) is 54.9 Å². The molecule has 4 nitrogen and oxygen atoms in total. The first-order valence-corrected chi connectivity index (χ1v) is 7.75. The molecule has 0 saturated heterocycles. The second-order valence-corrected chi connectivity index (χ2v) is 6.03. The number of hydrogen-bond donors (Lipinski definition) is 0. The summed E-state index contributed by atoms with van der Waals surface area (Å²) in [6.45, 7) is 0.455. The van der Waals surface area contributed by atoms with Crippen molar-refractivity contribution in [2.45, 2.75) is 25.2 Å². The number of fused-ring (bicyclic) bond motifs is 5. The number of benzene rings is 2. The number of aromatic nitrogens is 3. The minimum absolute atomic E-state index is 0.121. The van der Waals surface area contributed by atoms with Crippen LogP contribution in [0.2, 0.25) is 0 Å². The minimum atomic E-state index is -0.280. The predicted molar refractivity (Wildman–Crippen MR) is 80.6 cm³/mol. The van der Waals surface area contributed by atoms with Crippen molar-refractivity contribution in [3.63, 3.8) is 0 Å². The highest BCUT2D eigenvalue weighted by molar-refractivity contribution is 5.38. The largest absolute Gasteiger partial charge is 0.363 e. The molecule has 1 aliphatic carbocycles. The molecule has 0 radical (unpaired) electrons. The van der Waals surface area contributed by atoms with Gasteiger partial charge in [0.2, 0.25) is 0 Å². The van der Waals surface area contributed by atoms with Crippen molar-refractivity contribution in [2.75, 3.05) is 0 Å². The van der Waals surface area contributed by atoms with Crippen molar-refractivity contribution in [3.8, 4) is 5.69 Å². The molecule has 2 aromatic carbocycles. The molecule has 114 valence electrons. The van der Waals surface area contributed by atoms with E-state index in [1.807, 2.05) is 12.4 Å². The van der Waals surface area contributed by atoms with Crippen LogP contribution in [0.1, 0.15) is 23.0 Å². The first kappa shape index (κ1) is 13.0. The minimum Gasteiger partial charge on any atom is -0.363 e. The molecule has 0 saturated carbocycles. The Morgan fingerprint density at radius 3 is 2.87 bits per heavy atom. The van der Waals surface area contributed by atoms with Gasteiger partial charge < -0.3 is 4.74 Å². The van der Waals surface area contributed by atoms with E-state index in [2.05, 4.69) is 33.9 Å². The maximum atomic E-state index is 14.0. The molecular weight excluding hydrogens is 293 g/mol. The summed E-state index contributed by atoms with van der Waals surface area (Å²) in [5, 5.41) is 4.53. The van der Waals surface area contributed by atoms with E-state index in [0.29, 0.717) is 12.3 Å². The fourth-order valence-corrected chi connectivity index (χ4v) is 3.67. The zero-order valence-electron chi connectivity index (χ0n) is 12.4. The number of hydrogen-bond acceptors (Lipinski definition) is 2. The number of nitrogens with zero attached hydrogens (tertiary/aromatic N) is 3. The number of para-hydroxylation sites is 1. The average molecular weight is 308 g/mol. The zero-order valence-corrected chi connectivity index (χ0v) is 12.4. The van der Waals surface area contributed by atoms with E-state index in [1.165, 1.54) is 17.2 Å². The fraction of sp³-hybridized carbons (Fsp3) is 0.222. The molecule has 1 aromatic heterocycles. The molecule has 2 aliphatic rings. The number of halogens is 1. The van der Waals surface area contributed by atoms with Gasteiger partial charge >= 0.3 is 0 Å². The molecular formula is C18H15FN3O+. The summed E-state index contributed by atoms with van der Waals surface area (Å²) >= 11 is 0. The lowest BCUT2D eigenvalue weighted by Gasteiger charge is -2.22. The maximum Gasteiger partial charge on any atom is 0.272 e. The summed E-state index contributed by atoms with van der Waals surface area (Å²) in [6, 6.07) is 15.2. The summed E-state index contributed by atoms with van der Waals surface area (Å²) < 4.78 is 23.8. The highest BCUT2D eigenvalue weighted by Crippen LogP contribution is 2.39. The molecule has 3 aromatic rings. The topological polar surface area (TPSA) is 30.9 Å². The van der Waals surface area contributed by atoms with Crippen LogP contribution in [-0.2, 0) is 17.8 Å². The third-order valence-corrected chi connectivity index (χ3v) is 4.73. The monoisotopic (exact) mass is 308 g/mol. The second kappa shape index (κ2) is 4.73. The lowest BCUT2D eigenvalue weighted by atomic mass is 10.1. The summed E-state index contributed by atoms with van der Waals surface area (Å²) in [7, 11) is 0. The van der Waals surface area contributed by atoms with E-state index in [4.69, 9.17) is 4.74 Å². The van der Waals surface area contributed by atoms with Gasteiger partial charge in [-0.05, 0) is 22.8 Å². The van der Waals surface area contributed by atoms with Crippen molar-refractivity contribution in [1.29, 1.82) is 0 Å². The summed E-state index contributed by atoms with van der Waals surface area (Å²) in [5.41, 5.74) is 3.05. The molecule has 23 heavy (non-hydrogen) atoms. The molecule has 1 aliphatic heterocycles. The smallest absolute Gasteiger partial charge is 0.272 e. The van der Waals surface area contributed by atoms with Crippen LogP contribution in [0.3, 0.4) is 0 Å². The fourth-order valence-electron chi connectivity index (χ4n) is 3.67. The lowest BCUT2D eigenvalue weighted by molar-refractivity contribution is -0.659. The molecule has 5 heteroatoms. The normalized spacial score (nSPS) is 21.6. The maximum absolute atomic E-state index is 14.0. The molecule has 0 bridgehead atoms. The van der Waals surface area contributed by atoms with Gasteiger partial charge in [-0.15, -0.1) is 0 Å². The average Bonchev–Trinajstić information content (AvgIpc) is 3.15. The van der Waals surface area contributed by atoms with Gasteiger partial charge in [0.05, 0.1) is 0 Å². The summed E-state index contributed by atoms with van der Waals surface area (Å²) in [6.07, 6.45) is 2.93. The van der Waals surface area contributed by atoms with E-state index in [-0.39, 0.29) is 18.0 Å². The molecule has 2 heterocycles. The van der Waals surface area contributed by atoms with Gasteiger partial charge in [0.25, 0.3) is 12.2 Å². The third-order valence-electron chi connectivity index (χ3n) is 4.73. The van der Waals surface area contributed by atoms with Crippen LogP contribution in [-0.4, -0.2) is 15.8 Å². The Kier molecular flexibility index (Phi) is 2.67. The summed E-state index contributed by atoms with van der Waals surface area (Å²) in [5.74, 6) is 0.545. The van der Waals surface area contributed by atoms with Gasteiger partial charge in [0.15, 0.2) is 17.5 Å². The Balaban J connectivity index is 1.65. The second-order valence-electron chi connectivity index (χ2n) is 6.03. The van der Waals surface area contributed by atoms with Gasteiger partial charge in [0, 0.05) is 12.0 Å². The Morgan fingerprint density at radius 1 is 1.13 bits per heavy atom. The van der Waals surface area contributed by atoms with Gasteiger partial charge in [-0.3, -0.25) is 0 Å². The van der Waals surface area contributed by atoms with Gasteiger partial charge in [-0.1, -0.05) is 41.1 Å². The van der Waals surface area contributed by atoms with Crippen molar-refractivity contribution < 1.29 is 13.8 Å². The van der Waals surface area contributed by atoms with E-state index < -0.39 is 0 Å². The molecule has 0 amide bonds. The Hall–Kier alpha value is -2.53. The van der Waals surface area contributed by atoms with Crippen LogP contribution in [0, 0.1) is 5.82 Å². The van der Waals surface area contributed by atoms with Crippen LogP contribution >= 0.6 is 0 Å². The predicted octanol–water partition coefficient (Wildman–Crippen LogP) is 2.34. The first-order valence-electron chi connectivity index (χ1n) is 7.75. The van der Waals surface area contributed by atoms with Crippen LogP contribution in [0.4, 0.5) is 4.39 Å². The molecule has 0 spiro atoms. The Morgan fingerprint density at radius 2 is 1.96 bits per heavy atom. The molecule has 0 fully saturated rings. The van der Waals surface area contributed by atoms with Gasteiger partial charge in [-0.2, -0.15) is 0 Å².